The molecule has 0 radical (unpaired) electrons. The minimum Gasteiger partial charge on any atom is -0.472 e. The van der Waals surface area contributed by atoms with Crippen molar-refractivity contribution >= 4 is 11.9 Å². The molecule has 2 N–H and O–H groups in total. The van der Waals surface area contributed by atoms with Gasteiger partial charge >= 0.3 is 0 Å². The normalized spacial score (nSPS) is 19.2. The van der Waals surface area contributed by atoms with E-state index in [1.165, 1.54) is 50.0 Å². The first kappa shape index (κ1) is 17.8. The topological polar surface area (TPSA) is 84.7 Å². The Morgan fingerprint density at radius 1 is 1.21 bits per heavy atom. The number of nitrogens with zero attached hydrogens (tertiary/aromatic N) is 3. The van der Waals surface area contributed by atoms with Gasteiger partial charge in [0.1, 0.15) is 12.5 Å². The zero-order valence-corrected chi connectivity index (χ0v) is 14.9. The average molecular weight is 382 g/mol. The lowest BCUT2D eigenvalue weighted by Crippen LogP contribution is -2.41. The van der Waals surface area contributed by atoms with Crippen LogP contribution in [0.3, 0.4) is 0 Å². The smallest absolute Gasteiger partial charge is 0.266 e. The molecule has 0 aliphatic carbocycles. The van der Waals surface area contributed by atoms with Crippen LogP contribution in [0, 0.1) is 5.82 Å². The molecule has 0 bridgehead atoms. The Morgan fingerprint density at radius 3 is 2.68 bits per heavy atom. The summed E-state index contributed by atoms with van der Waals surface area (Å²) in [6.45, 7) is -0.829. The van der Waals surface area contributed by atoms with Crippen LogP contribution < -0.4 is 5.73 Å². The molecule has 6 nitrogen and oxygen atoms in total. The lowest BCUT2D eigenvalue weighted by molar-refractivity contribution is -0.129. The predicted octanol–water partition coefficient (Wildman–Crippen LogP) is 2.98. The maximum atomic E-state index is 15.0. The molecular weight excluding hydrogens is 366 g/mol. The Bertz CT molecular complexity index is 1080. The van der Waals surface area contributed by atoms with Crippen molar-refractivity contribution < 1.29 is 18.0 Å². The molecule has 0 spiro atoms. The van der Waals surface area contributed by atoms with Crippen molar-refractivity contribution in [3.05, 3.63) is 77.8 Å². The summed E-state index contributed by atoms with van der Waals surface area (Å²) in [7, 11) is 1.46. The number of aromatic nitrogens is 1. The third kappa shape index (κ3) is 2.57. The number of hydrogen-bond donors (Lipinski definition) is 1. The summed E-state index contributed by atoms with van der Waals surface area (Å²) in [5.74, 6) is -1.23. The van der Waals surface area contributed by atoms with Crippen LogP contribution in [0.2, 0.25) is 0 Å². The molecule has 0 saturated carbocycles. The molecule has 1 amide bonds. The van der Waals surface area contributed by atoms with Crippen LogP contribution in [0.15, 0.2) is 64.5 Å². The summed E-state index contributed by atoms with van der Waals surface area (Å²) < 4.78 is 33.3. The fraction of sp³-hybridized carbons (Fsp3) is 0.150. The van der Waals surface area contributed by atoms with E-state index in [1.54, 1.807) is 12.1 Å². The molecule has 2 aromatic heterocycles. The Hall–Kier alpha value is -3.55. The van der Waals surface area contributed by atoms with Crippen molar-refractivity contribution in [3.8, 4) is 11.1 Å². The number of carbonyl (C=O) groups is 1. The molecule has 8 heteroatoms. The minimum absolute atomic E-state index is 0.0134. The highest BCUT2D eigenvalue weighted by Gasteiger charge is 2.51. The predicted molar refractivity (Wildman–Crippen MR) is 98.3 cm³/mol. The average Bonchev–Trinajstić information content (AvgIpc) is 3.32. The van der Waals surface area contributed by atoms with Gasteiger partial charge in [0.25, 0.3) is 5.91 Å². The fourth-order valence-corrected chi connectivity index (χ4v) is 3.35. The van der Waals surface area contributed by atoms with E-state index < -0.39 is 23.9 Å². The molecule has 1 aliphatic heterocycles. The van der Waals surface area contributed by atoms with Gasteiger partial charge in [0, 0.05) is 24.4 Å². The summed E-state index contributed by atoms with van der Waals surface area (Å²) in [6, 6.07) is 9.00. The Morgan fingerprint density at radius 2 is 2.04 bits per heavy atom. The molecule has 3 heterocycles. The number of carbonyl (C=O) groups excluding carboxylic acids is 1. The highest BCUT2D eigenvalue weighted by Crippen LogP contribution is 2.42. The van der Waals surface area contributed by atoms with Crippen LogP contribution >= 0.6 is 0 Å². The molecule has 1 aromatic carbocycles. The second-order valence-electron chi connectivity index (χ2n) is 6.42. The van der Waals surface area contributed by atoms with Crippen molar-refractivity contribution in [2.24, 2.45) is 10.7 Å². The summed E-state index contributed by atoms with van der Waals surface area (Å²) >= 11 is 0. The number of amides is 1. The van der Waals surface area contributed by atoms with E-state index >= 15 is 4.39 Å². The van der Waals surface area contributed by atoms with E-state index in [-0.39, 0.29) is 22.8 Å². The summed E-state index contributed by atoms with van der Waals surface area (Å²) in [5.41, 5.74) is 5.90. The number of hydrogen-bond acceptors (Lipinski definition) is 5. The zero-order chi connectivity index (χ0) is 19.9. The highest BCUT2D eigenvalue weighted by molar-refractivity contribution is 6.09. The van der Waals surface area contributed by atoms with Crippen molar-refractivity contribution in [1.29, 1.82) is 0 Å². The van der Waals surface area contributed by atoms with E-state index in [1.807, 2.05) is 0 Å². The van der Waals surface area contributed by atoms with Crippen molar-refractivity contribution in [1.82, 2.24) is 9.88 Å². The lowest BCUT2D eigenvalue weighted by atomic mass is 9.81. The molecule has 1 aliphatic rings. The molecule has 0 fully saturated rings. The first-order chi connectivity index (χ1) is 13.5. The number of nitrogens with two attached hydrogens (primary N) is 1. The van der Waals surface area contributed by atoms with Gasteiger partial charge < -0.3 is 10.2 Å². The molecule has 3 aromatic rings. The number of rotatable bonds is 4. The van der Waals surface area contributed by atoms with Crippen LogP contribution in [-0.4, -0.2) is 28.8 Å². The molecule has 4 rings (SSSR count). The minimum atomic E-state index is -1.77. The SMILES string of the molecule is CN1C(=O)C(c2ccnc(CF)c2)(c2cc(-c3ccoc3)ccc2F)N=C1N. The largest absolute Gasteiger partial charge is 0.472 e. The second-order valence-corrected chi connectivity index (χ2v) is 6.42. The molecule has 28 heavy (non-hydrogen) atoms. The molecule has 1 atom stereocenters. The molecule has 1 unspecified atom stereocenters. The number of pyridine rings is 1. The van der Waals surface area contributed by atoms with E-state index in [9.17, 15) is 9.18 Å². The third-order valence-electron chi connectivity index (χ3n) is 4.82. The van der Waals surface area contributed by atoms with E-state index in [4.69, 9.17) is 10.2 Å². The maximum Gasteiger partial charge on any atom is 0.266 e. The number of guanidine groups is 1. The first-order valence-corrected chi connectivity index (χ1v) is 8.45. The molecular formula is C20H16F2N4O2. The number of alkyl halides is 1. The van der Waals surface area contributed by atoms with Crippen LogP contribution in [0.1, 0.15) is 16.8 Å². The van der Waals surface area contributed by atoms with Crippen LogP contribution in [0.4, 0.5) is 8.78 Å². The van der Waals surface area contributed by atoms with Gasteiger partial charge in [-0.25, -0.2) is 13.8 Å². The number of likely N-dealkylation sites (N-methyl/N-ethyl adjacent to an activating group) is 1. The van der Waals surface area contributed by atoms with Gasteiger partial charge in [0.05, 0.1) is 18.2 Å². The van der Waals surface area contributed by atoms with Crippen molar-refractivity contribution in [2.75, 3.05) is 7.05 Å². The second kappa shape index (κ2) is 6.56. The lowest BCUT2D eigenvalue weighted by Gasteiger charge is -2.27. The standard InChI is InChI=1S/C20H16F2N4O2/c1-26-18(27)20(25-19(26)23,14-4-6-24-15(9-14)10-21)16-8-12(2-3-17(16)22)13-5-7-28-11-13/h2-9,11H,10H2,1H3,(H2,23,25). The quantitative estimate of drug-likeness (QED) is 0.752. The summed E-state index contributed by atoms with van der Waals surface area (Å²) in [5, 5.41) is 0. The van der Waals surface area contributed by atoms with Crippen LogP contribution in [-0.2, 0) is 17.0 Å². The molecule has 142 valence electrons. The summed E-state index contributed by atoms with van der Waals surface area (Å²) in [6.07, 6.45) is 4.37. The highest BCUT2D eigenvalue weighted by atomic mass is 19.1. The zero-order valence-electron chi connectivity index (χ0n) is 14.9. The van der Waals surface area contributed by atoms with Crippen molar-refractivity contribution in [3.63, 3.8) is 0 Å². The Labute approximate surface area is 159 Å². The van der Waals surface area contributed by atoms with Crippen LogP contribution in [0.25, 0.3) is 11.1 Å². The first-order valence-electron chi connectivity index (χ1n) is 8.45. The Kier molecular flexibility index (Phi) is 4.18. The van der Waals surface area contributed by atoms with Gasteiger partial charge in [-0.05, 0) is 41.5 Å². The van der Waals surface area contributed by atoms with Gasteiger partial charge in [-0.3, -0.25) is 14.7 Å². The van der Waals surface area contributed by atoms with Gasteiger partial charge in [0.2, 0.25) is 0 Å². The maximum absolute atomic E-state index is 15.0. The van der Waals surface area contributed by atoms with E-state index in [0.717, 1.165) is 4.90 Å². The summed E-state index contributed by atoms with van der Waals surface area (Å²) in [4.78, 5) is 22.6. The van der Waals surface area contributed by atoms with Crippen molar-refractivity contribution in [2.45, 2.75) is 12.2 Å². The van der Waals surface area contributed by atoms with Crippen LogP contribution in [0.5, 0.6) is 0 Å². The van der Waals surface area contributed by atoms with Gasteiger partial charge in [-0.15, -0.1) is 0 Å². The third-order valence-corrected chi connectivity index (χ3v) is 4.82. The van der Waals surface area contributed by atoms with E-state index in [2.05, 4.69) is 9.98 Å². The number of halogens is 2. The fourth-order valence-electron chi connectivity index (χ4n) is 3.35. The molecule has 0 saturated heterocycles. The van der Waals surface area contributed by atoms with E-state index in [0.29, 0.717) is 11.1 Å². The Balaban J connectivity index is 2.01. The number of benzene rings is 1. The van der Waals surface area contributed by atoms with Gasteiger partial charge in [0.15, 0.2) is 11.5 Å². The van der Waals surface area contributed by atoms with Gasteiger partial charge in [-0.1, -0.05) is 6.07 Å². The monoisotopic (exact) mass is 382 g/mol. The number of furan rings is 1. The number of aliphatic imine (C=N–C) groups is 1. The van der Waals surface area contributed by atoms with Gasteiger partial charge in [-0.2, -0.15) is 0 Å².